The topological polar surface area (TPSA) is 63.2 Å². The molecular weight excluding hydrogens is 300 g/mol. The lowest BCUT2D eigenvalue weighted by molar-refractivity contribution is -1.03. The van der Waals surface area contributed by atoms with Crippen LogP contribution in [0.1, 0.15) is 11.1 Å². The summed E-state index contributed by atoms with van der Waals surface area (Å²) in [6.45, 7) is 7.10. The Labute approximate surface area is 132 Å². The van der Waals surface area contributed by atoms with Gasteiger partial charge >= 0.3 is 0 Å². The van der Waals surface area contributed by atoms with Gasteiger partial charge in [0, 0.05) is 5.56 Å². The minimum Gasteiger partial charge on any atom is -0.386 e. The van der Waals surface area contributed by atoms with E-state index in [-0.39, 0.29) is 17.5 Å². The van der Waals surface area contributed by atoms with Gasteiger partial charge in [0.15, 0.2) is 9.84 Å². The Hall–Kier alpha value is -0.950. The Kier molecular flexibility index (Phi) is 4.54. The molecule has 2 aliphatic rings. The van der Waals surface area contributed by atoms with Gasteiger partial charge in [-0.2, -0.15) is 0 Å². The molecule has 1 aromatic carbocycles. The lowest BCUT2D eigenvalue weighted by Crippen LogP contribution is -3.29. The maximum atomic E-state index is 11.7. The fraction of sp³-hybridized carbons (Fsp3) is 0.625. The second kappa shape index (κ2) is 6.28. The maximum Gasteiger partial charge on any atom is 0.159 e. The molecule has 1 aromatic rings. The van der Waals surface area contributed by atoms with Crippen LogP contribution in [0.15, 0.2) is 24.3 Å². The van der Waals surface area contributed by atoms with Gasteiger partial charge in [0.2, 0.25) is 0 Å². The standard InChI is InChI=1S/C16H24N2O3S/c1-13-3-2-4-14(9-13)10-17-5-7-18(8-6-17)15-11-22(20,21)12-16(15)19/h2-4,9,15-16,19H,5-8,10-12H2,1H3/p+2/t15-,16-/m1/s1. The predicted molar refractivity (Wildman–Crippen MR) is 84.7 cm³/mol. The molecule has 5 nitrogen and oxygen atoms in total. The summed E-state index contributed by atoms with van der Waals surface area (Å²) in [5, 5.41) is 10.0. The molecule has 0 radical (unpaired) electrons. The Bertz CT molecular complexity index is 624. The first-order valence-corrected chi connectivity index (χ1v) is 9.87. The highest BCUT2D eigenvalue weighted by Crippen LogP contribution is 2.10. The van der Waals surface area contributed by atoms with Crippen LogP contribution in [0.25, 0.3) is 0 Å². The average molecular weight is 326 g/mol. The second-order valence-corrected chi connectivity index (χ2v) is 8.98. The molecule has 2 aliphatic heterocycles. The van der Waals surface area contributed by atoms with Crippen molar-refractivity contribution in [1.29, 1.82) is 0 Å². The van der Waals surface area contributed by atoms with Gasteiger partial charge in [-0.3, -0.25) is 0 Å². The molecule has 6 heteroatoms. The van der Waals surface area contributed by atoms with Crippen molar-refractivity contribution in [1.82, 2.24) is 0 Å². The van der Waals surface area contributed by atoms with Gasteiger partial charge < -0.3 is 14.9 Å². The SMILES string of the molecule is Cc1cccc(C[NH+]2CC[NH+]([C@@H]3CS(=O)(=O)C[C@H]3O)CC2)c1. The van der Waals surface area contributed by atoms with Crippen molar-refractivity contribution in [3.05, 3.63) is 35.4 Å². The Morgan fingerprint density at radius 2 is 1.91 bits per heavy atom. The molecule has 3 rings (SSSR count). The molecule has 0 spiro atoms. The largest absolute Gasteiger partial charge is 0.386 e. The van der Waals surface area contributed by atoms with E-state index in [4.69, 9.17) is 0 Å². The molecule has 2 heterocycles. The Morgan fingerprint density at radius 3 is 2.50 bits per heavy atom. The summed E-state index contributed by atoms with van der Waals surface area (Å²) in [6.07, 6.45) is -0.682. The van der Waals surface area contributed by atoms with E-state index in [1.54, 1.807) is 4.90 Å². The Balaban J connectivity index is 1.54. The number of aliphatic hydroxyl groups is 1. The molecule has 2 fully saturated rings. The van der Waals surface area contributed by atoms with Crippen LogP contribution in [-0.2, 0) is 16.4 Å². The van der Waals surface area contributed by atoms with Crippen molar-refractivity contribution >= 4 is 9.84 Å². The number of hydrogen-bond acceptors (Lipinski definition) is 3. The number of quaternary nitrogens is 2. The third-order valence-corrected chi connectivity index (χ3v) is 6.70. The maximum absolute atomic E-state index is 11.7. The number of rotatable bonds is 3. The van der Waals surface area contributed by atoms with Gasteiger partial charge in [0.25, 0.3) is 0 Å². The molecule has 0 aromatic heterocycles. The molecule has 3 N–H and O–H groups in total. The first-order chi connectivity index (χ1) is 10.4. The molecule has 22 heavy (non-hydrogen) atoms. The number of aliphatic hydroxyl groups excluding tert-OH is 1. The van der Waals surface area contributed by atoms with E-state index in [2.05, 4.69) is 31.2 Å². The lowest BCUT2D eigenvalue weighted by Gasteiger charge is -2.33. The molecule has 0 aliphatic carbocycles. The monoisotopic (exact) mass is 326 g/mol. The van der Waals surface area contributed by atoms with Crippen LogP contribution in [0.5, 0.6) is 0 Å². The van der Waals surface area contributed by atoms with E-state index >= 15 is 0 Å². The third-order valence-electron chi connectivity index (χ3n) is 4.98. The van der Waals surface area contributed by atoms with Gasteiger partial charge in [0.05, 0.1) is 5.75 Å². The molecule has 0 saturated carbocycles. The lowest BCUT2D eigenvalue weighted by atomic mass is 10.1. The predicted octanol–water partition coefficient (Wildman–Crippen LogP) is -2.56. The molecule has 0 bridgehead atoms. The van der Waals surface area contributed by atoms with Crippen molar-refractivity contribution in [3.8, 4) is 0 Å². The Morgan fingerprint density at radius 1 is 1.18 bits per heavy atom. The summed E-state index contributed by atoms with van der Waals surface area (Å²) in [4.78, 5) is 2.81. The zero-order valence-corrected chi connectivity index (χ0v) is 13.9. The molecular formula is C16H26N2O3S+2. The molecule has 2 atom stereocenters. The van der Waals surface area contributed by atoms with Crippen LogP contribution in [0.3, 0.4) is 0 Å². The summed E-state index contributed by atoms with van der Waals surface area (Å²) < 4.78 is 23.3. The number of sulfone groups is 1. The average Bonchev–Trinajstić information content (AvgIpc) is 2.73. The smallest absolute Gasteiger partial charge is 0.159 e. The summed E-state index contributed by atoms with van der Waals surface area (Å²) in [5.74, 6) is 0.0950. The van der Waals surface area contributed by atoms with Crippen LogP contribution in [-0.4, -0.2) is 63.4 Å². The van der Waals surface area contributed by atoms with Gasteiger partial charge in [-0.25, -0.2) is 8.42 Å². The van der Waals surface area contributed by atoms with E-state index in [1.807, 2.05) is 0 Å². The highest BCUT2D eigenvalue weighted by molar-refractivity contribution is 7.91. The molecule has 2 saturated heterocycles. The molecule has 0 amide bonds. The van der Waals surface area contributed by atoms with Crippen LogP contribution >= 0.6 is 0 Å². The highest BCUT2D eigenvalue weighted by atomic mass is 32.2. The minimum absolute atomic E-state index is 0.0545. The van der Waals surface area contributed by atoms with Gasteiger partial charge in [0.1, 0.15) is 50.6 Å². The number of benzene rings is 1. The summed E-state index contributed by atoms with van der Waals surface area (Å²) in [6, 6.07) is 8.51. The van der Waals surface area contributed by atoms with Gasteiger partial charge in [-0.15, -0.1) is 0 Å². The summed E-state index contributed by atoms with van der Waals surface area (Å²) in [5.41, 5.74) is 2.65. The number of aryl methyl sites for hydroxylation is 1. The van der Waals surface area contributed by atoms with Crippen molar-refractivity contribution < 1.29 is 23.3 Å². The van der Waals surface area contributed by atoms with E-state index in [9.17, 15) is 13.5 Å². The van der Waals surface area contributed by atoms with Crippen LogP contribution < -0.4 is 9.80 Å². The van der Waals surface area contributed by atoms with Crippen LogP contribution in [0, 0.1) is 6.92 Å². The number of piperazine rings is 1. The van der Waals surface area contributed by atoms with E-state index < -0.39 is 15.9 Å². The zero-order chi connectivity index (χ0) is 15.7. The van der Waals surface area contributed by atoms with Crippen LogP contribution in [0.4, 0.5) is 0 Å². The van der Waals surface area contributed by atoms with Crippen molar-refractivity contribution in [2.75, 3.05) is 37.7 Å². The van der Waals surface area contributed by atoms with E-state index in [0.29, 0.717) is 0 Å². The zero-order valence-electron chi connectivity index (χ0n) is 13.1. The van der Waals surface area contributed by atoms with E-state index in [1.165, 1.54) is 16.0 Å². The first kappa shape index (κ1) is 15.9. The fourth-order valence-electron chi connectivity index (χ4n) is 3.80. The van der Waals surface area contributed by atoms with Gasteiger partial charge in [-0.05, 0) is 6.92 Å². The quantitative estimate of drug-likeness (QED) is 0.573. The highest BCUT2D eigenvalue weighted by Gasteiger charge is 2.44. The summed E-state index contributed by atoms with van der Waals surface area (Å²) in [7, 11) is -3.04. The molecule has 0 unspecified atom stereocenters. The van der Waals surface area contributed by atoms with Crippen molar-refractivity contribution in [2.45, 2.75) is 25.6 Å². The molecule has 122 valence electrons. The van der Waals surface area contributed by atoms with Crippen molar-refractivity contribution in [2.24, 2.45) is 0 Å². The van der Waals surface area contributed by atoms with E-state index in [0.717, 1.165) is 32.7 Å². The van der Waals surface area contributed by atoms with Crippen molar-refractivity contribution in [3.63, 3.8) is 0 Å². The minimum atomic E-state index is -3.04. The van der Waals surface area contributed by atoms with Gasteiger partial charge in [-0.1, -0.05) is 29.8 Å². The normalized spacial score (nSPS) is 34.6. The summed E-state index contributed by atoms with van der Waals surface area (Å²) >= 11 is 0. The first-order valence-electron chi connectivity index (χ1n) is 8.05. The number of hydrogen-bond donors (Lipinski definition) is 3. The van der Waals surface area contributed by atoms with Crippen LogP contribution in [0.2, 0.25) is 0 Å². The second-order valence-electron chi connectivity index (χ2n) is 6.82. The third kappa shape index (κ3) is 3.68. The fourth-order valence-corrected chi connectivity index (χ4v) is 5.70. The number of nitrogens with one attached hydrogen (secondary N) is 2.